The van der Waals surface area contributed by atoms with Crippen LogP contribution in [0.4, 0.5) is 0 Å². The van der Waals surface area contributed by atoms with Crippen molar-refractivity contribution < 1.29 is 24.5 Å². The smallest absolute Gasteiger partial charge is 0.230 e. The molecular formula is C16H28O5. The van der Waals surface area contributed by atoms with Crippen molar-refractivity contribution in [2.45, 2.75) is 65.6 Å². The maximum atomic E-state index is 12.2. The van der Waals surface area contributed by atoms with Gasteiger partial charge >= 0.3 is 0 Å². The Balaban J connectivity index is 2.98. The highest BCUT2D eigenvalue weighted by atomic mass is 16.5. The molecule has 5 nitrogen and oxygen atoms in total. The molecule has 0 amide bonds. The lowest BCUT2D eigenvalue weighted by atomic mass is 9.75. The number of carbonyl (C=O) groups excluding carboxylic acids is 2. The number of ether oxygens (including phenoxy) is 1. The van der Waals surface area contributed by atoms with Gasteiger partial charge in [0.15, 0.2) is 0 Å². The van der Waals surface area contributed by atoms with Crippen LogP contribution in [0.1, 0.15) is 53.4 Å². The molecule has 1 aliphatic heterocycles. The summed E-state index contributed by atoms with van der Waals surface area (Å²) < 4.78 is 5.52. The van der Waals surface area contributed by atoms with Gasteiger partial charge in [0.05, 0.1) is 0 Å². The van der Waals surface area contributed by atoms with Crippen molar-refractivity contribution in [3.05, 3.63) is 0 Å². The zero-order chi connectivity index (χ0) is 16.3. The first-order valence-corrected chi connectivity index (χ1v) is 7.61. The highest BCUT2D eigenvalue weighted by Gasteiger charge is 2.42. The Labute approximate surface area is 126 Å². The first-order chi connectivity index (χ1) is 9.59. The molecule has 0 aromatic carbocycles. The van der Waals surface area contributed by atoms with E-state index in [-0.39, 0.29) is 0 Å². The van der Waals surface area contributed by atoms with Gasteiger partial charge < -0.3 is 14.9 Å². The van der Waals surface area contributed by atoms with E-state index in [1.54, 1.807) is 27.7 Å². The van der Waals surface area contributed by atoms with E-state index in [4.69, 9.17) is 4.74 Å². The van der Waals surface area contributed by atoms with E-state index < -0.39 is 34.6 Å². The van der Waals surface area contributed by atoms with Crippen LogP contribution in [0, 0.1) is 10.8 Å². The van der Waals surface area contributed by atoms with E-state index in [9.17, 15) is 19.8 Å². The predicted molar refractivity (Wildman–Crippen MR) is 78.9 cm³/mol. The molecule has 1 fully saturated rings. The molecule has 1 rings (SSSR count). The summed E-state index contributed by atoms with van der Waals surface area (Å²) in [6.45, 7) is 8.14. The lowest BCUT2D eigenvalue weighted by molar-refractivity contribution is -0.153. The van der Waals surface area contributed by atoms with Crippen LogP contribution in [-0.2, 0) is 14.3 Å². The third-order valence-electron chi connectivity index (χ3n) is 4.44. The first-order valence-electron chi connectivity index (χ1n) is 7.61. The molecule has 2 unspecified atom stereocenters. The fraction of sp³-hybridized carbons (Fsp3) is 0.875. The lowest BCUT2D eigenvalue weighted by Gasteiger charge is -2.32. The van der Waals surface area contributed by atoms with Crippen molar-refractivity contribution in [3.8, 4) is 0 Å². The Morgan fingerprint density at radius 2 is 1.19 bits per heavy atom. The minimum absolute atomic E-state index is 0.571. The third kappa shape index (κ3) is 4.59. The molecule has 0 bridgehead atoms. The SMILES string of the molecule is CC1(C)CCCOCCCC(C)(C)C(O)C(=O)C(=O)C1O. The van der Waals surface area contributed by atoms with Crippen LogP contribution >= 0.6 is 0 Å². The molecule has 1 saturated heterocycles. The standard InChI is InChI=1S/C16H28O5/c1-15(2)7-5-9-21-10-6-8-16(3,4)14(20)12(18)11(17)13(15)19/h13-14,19-20H,5-10H2,1-4H3. The molecule has 2 N–H and O–H groups in total. The number of hydrogen-bond acceptors (Lipinski definition) is 5. The average Bonchev–Trinajstić information content (AvgIpc) is 2.42. The highest BCUT2D eigenvalue weighted by Crippen LogP contribution is 2.32. The van der Waals surface area contributed by atoms with Crippen LogP contribution in [0.25, 0.3) is 0 Å². The average molecular weight is 300 g/mol. The molecule has 0 spiro atoms. The van der Waals surface area contributed by atoms with Gasteiger partial charge in [-0.2, -0.15) is 0 Å². The van der Waals surface area contributed by atoms with E-state index in [2.05, 4.69) is 0 Å². The highest BCUT2D eigenvalue weighted by molar-refractivity contribution is 6.40. The molecule has 1 aliphatic rings. The van der Waals surface area contributed by atoms with Gasteiger partial charge in [-0.3, -0.25) is 9.59 Å². The summed E-state index contributed by atoms with van der Waals surface area (Å²) in [5.41, 5.74) is -1.43. The zero-order valence-corrected chi connectivity index (χ0v) is 13.5. The van der Waals surface area contributed by atoms with Gasteiger partial charge in [-0.25, -0.2) is 0 Å². The summed E-state index contributed by atoms with van der Waals surface area (Å²) in [6, 6.07) is 0. The van der Waals surface area contributed by atoms with Gasteiger partial charge in [0.1, 0.15) is 12.2 Å². The van der Waals surface area contributed by atoms with Gasteiger partial charge in [-0.05, 0) is 36.5 Å². The minimum atomic E-state index is -1.39. The van der Waals surface area contributed by atoms with Crippen molar-refractivity contribution in [2.75, 3.05) is 13.2 Å². The Hall–Kier alpha value is -0.780. The zero-order valence-electron chi connectivity index (χ0n) is 13.5. The molecule has 1 heterocycles. The van der Waals surface area contributed by atoms with Crippen LogP contribution in [0.3, 0.4) is 0 Å². The van der Waals surface area contributed by atoms with Gasteiger partial charge in [-0.15, -0.1) is 0 Å². The Bertz CT molecular complexity index is 350. The minimum Gasteiger partial charge on any atom is -0.384 e. The molecule has 0 radical (unpaired) electrons. The molecule has 2 atom stereocenters. The van der Waals surface area contributed by atoms with Crippen molar-refractivity contribution in [1.82, 2.24) is 0 Å². The molecule has 0 aliphatic carbocycles. The monoisotopic (exact) mass is 300 g/mol. The number of carbonyl (C=O) groups is 2. The molecule has 0 aromatic heterocycles. The van der Waals surface area contributed by atoms with Gasteiger partial charge in [0.25, 0.3) is 0 Å². The van der Waals surface area contributed by atoms with Crippen molar-refractivity contribution in [3.63, 3.8) is 0 Å². The van der Waals surface area contributed by atoms with E-state index >= 15 is 0 Å². The van der Waals surface area contributed by atoms with E-state index in [1.807, 2.05) is 0 Å². The largest absolute Gasteiger partial charge is 0.384 e. The Morgan fingerprint density at radius 1 is 0.857 bits per heavy atom. The van der Waals surface area contributed by atoms with Crippen LogP contribution < -0.4 is 0 Å². The van der Waals surface area contributed by atoms with Crippen LogP contribution in [-0.4, -0.2) is 47.2 Å². The summed E-state index contributed by atoms with van der Waals surface area (Å²) in [4.78, 5) is 24.3. The normalized spacial score (nSPS) is 31.9. The number of rotatable bonds is 0. The summed E-state index contributed by atoms with van der Waals surface area (Å²) >= 11 is 0. The fourth-order valence-electron chi connectivity index (χ4n) is 2.61. The second-order valence-corrected chi connectivity index (χ2v) is 7.33. The predicted octanol–water partition coefficient (Wildman–Crippen LogP) is 1.49. The van der Waals surface area contributed by atoms with E-state index in [1.165, 1.54) is 0 Å². The van der Waals surface area contributed by atoms with E-state index in [0.717, 1.165) is 12.8 Å². The Kier molecular flexibility index (Phi) is 6.08. The summed E-state index contributed by atoms with van der Waals surface area (Å²) in [6.07, 6.45) is -0.193. The summed E-state index contributed by atoms with van der Waals surface area (Å²) in [5, 5.41) is 20.4. The maximum absolute atomic E-state index is 12.2. The third-order valence-corrected chi connectivity index (χ3v) is 4.44. The van der Waals surface area contributed by atoms with Gasteiger partial charge in [0, 0.05) is 13.2 Å². The summed E-state index contributed by atoms with van der Waals surface area (Å²) in [7, 11) is 0. The molecule has 0 aromatic rings. The number of aliphatic hydroxyl groups is 2. The second-order valence-electron chi connectivity index (χ2n) is 7.33. The van der Waals surface area contributed by atoms with Crippen LogP contribution in [0.5, 0.6) is 0 Å². The Morgan fingerprint density at radius 3 is 1.52 bits per heavy atom. The quantitative estimate of drug-likeness (QED) is 0.662. The second kappa shape index (κ2) is 6.99. The first kappa shape index (κ1) is 18.3. The number of ketones is 2. The number of Topliss-reactive ketones (excluding diaryl/α,β-unsaturated/α-hetero) is 2. The number of hydrogen-bond donors (Lipinski definition) is 2. The molecule has 5 heteroatoms. The van der Waals surface area contributed by atoms with Gasteiger partial charge in [-0.1, -0.05) is 27.7 Å². The van der Waals surface area contributed by atoms with Crippen molar-refractivity contribution in [2.24, 2.45) is 10.8 Å². The molecule has 21 heavy (non-hydrogen) atoms. The lowest BCUT2D eigenvalue weighted by Crippen LogP contribution is -2.48. The fourth-order valence-corrected chi connectivity index (χ4v) is 2.61. The van der Waals surface area contributed by atoms with Crippen LogP contribution in [0.2, 0.25) is 0 Å². The number of aliphatic hydroxyl groups excluding tert-OH is 2. The topological polar surface area (TPSA) is 83.8 Å². The maximum Gasteiger partial charge on any atom is 0.230 e. The summed E-state index contributed by atoms with van der Waals surface area (Å²) in [5.74, 6) is -1.78. The molecule has 122 valence electrons. The molecule has 0 saturated carbocycles. The molecular weight excluding hydrogens is 272 g/mol. The van der Waals surface area contributed by atoms with Gasteiger partial charge in [0.2, 0.25) is 11.6 Å². The van der Waals surface area contributed by atoms with Crippen LogP contribution in [0.15, 0.2) is 0 Å². The van der Waals surface area contributed by atoms with Crippen molar-refractivity contribution >= 4 is 11.6 Å². The van der Waals surface area contributed by atoms with Crippen molar-refractivity contribution in [1.29, 1.82) is 0 Å². The van der Waals surface area contributed by atoms with E-state index in [0.29, 0.717) is 26.1 Å².